The van der Waals surface area contributed by atoms with Gasteiger partial charge in [-0.15, -0.1) is 0 Å². The Morgan fingerprint density at radius 1 is 1.16 bits per heavy atom. The van der Waals surface area contributed by atoms with Crippen LogP contribution in [0, 0.1) is 11.3 Å². The highest BCUT2D eigenvalue weighted by Crippen LogP contribution is 2.31. The number of esters is 1. The number of hydrogen-bond donors (Lipinski definition) is 2. The number of halogens is 3. The SMILES string of the molecule is CN(C)C=O.N#C/C(=C(/O)COC(=O)Cn1c(C(F)(F)F)nc2ccccc21)c1nc2ccccc2[nH]1. The van der Waals surface area contributed by atoms with Crippen LogP contribution in [0.5, 0.6) is 0 Å². The van der Waals surface area contributed by atoms with Crippen LogP contribution in [0.1, 0.15) is 11.6 Å². The summed E-state index contributed by atoms with van der Waals surface area (Å²) in [5, 5.41) is 19.6. The van der Waals surface area contributed by atoms with Crippen molar-refractivity contribution >= 4 is 40.0 Å². The van der Waals surface area contributed by atoms with E-state index in [4.69, 9.17) is 4.74 Å². The van der Waals surface area contributed by atoms with E-state index >= 15 is 0 Å². The minimum atomic E-state index is -4.78. The number of nitrogens with one attached hydrogen (secondary N) is 1. The molecule has 0 spiro atoms. The monoisotopic (exact) mass is 514 g/mol. The van der Waals surface area contributed by atoms with Gasteiger partial charge in [-0.05, 0) is 24.3 Å². The summed E-state index contributed by atoms with van der Waals surface area (Å²) in [4.78, 5) is 33.7. The van der Waals surface area contributed by atoms with Crippen molar-refractivity contribution in [3.05, 3.63) is 65.9 Å². The molecule has 0 bridgehead atoms. The molecule has 0 radical (unpaired) electrons. The lowest BCUT2D eigenvalue weighted by molar-refractivity contribution is -0.150. The molecular formula is C24H21F3N6O4. The molecule has 10 nitrogen and oxygen atoms in total. The molecule has 0 aliphatic rings. The summed E-state index contributed by atoms with van der Waals surface area (Å²) in [6.45, 7) is -1.50. The summed E-state index contributed by atoms with van der Waals surface area (Å²) in [6, 6.07) is 14.6. The second-order valence-electron chi connectivity index (χ2n) is 7.77. The summed E-state index contributed by atoms with van der Waals surface area (Å²) in [6.07, 6.45) is -4.03. The third-order valence-electron chi connectivity index (χ3n) is 4.80. The Bertz CT molecular complexity index is 1460. The standard InChI is InChI=1S/C21H14F3N5O3.C3H7NO/c22-21(23,24)20-28-15-7-3-4-8-16(15)29(20)10-18(31)32-11-17(30)12(9-25)19-26-13-5-1-2-6-14(13)27-19;1-4(2)3-5/h1-8,30H,10-11H2,(H,26,27);3H,1-2H3/b17-12-;. The molecule has 2 aromatic carbocycles. The minimum Gasteiger partial charge on any atom is -0.507 e. The van der Waals surface area contributed by atoms with E-state index in [1.807, 2.05) is 0 Å². The van der Waals surface area contributed by atoms with Crippen molar-refractivity contribution in [1.29, 1.82) is 5.26 Å². The molecule has 0 saturated heterocycles. The molecule has 13 heteroatoms. The van der Waals surface area contributed by atoms with Gasteiger partial charge in [0.25, 0.3) is 0 Å². The van der Waals surface area contributed by atoms with Crippen molar-refractivity contribution in [2.45, 2.75) is 12.7 Å². The number of ether oxygens (including phenoxy) is 1. The van der Waals surface area contributed by atoms with Crippen molar-refractivity contribution in [1.82, 2.24) is 24.4 Å². The van der Waals surface area contributed by atoms with Gasteiger partial charge in [0, 0.05) is 14.1 Å². The number of benzene rings is 2. The molecular weight excluding hydrogens is 493 g/mol. The Balaban J connectivity index is 0.000000695. The highest BCUT2D eigenvalue weighted by Gasteiger charge is 2.38. The van der Waals surface area contributed by atoms with E-state index in [9.17, 15) is 33.1 Å². The van der Waals surface area contributed by atoms with E-state index in [-0.39, 0.29) is 22.4 Å². The van der Waals surface area contributed by atoms with E-state index in [0.29, 0.717) is 15.6 Å². The molecule has 0 aliphatic heterocycles. The molecule has 0 fully saturated rings. The number of carbonyl (C=O) groups excluding carboxylic acids is 2. The van der Waals surface area contributed by atoms with Gasteiger partial charge in [0.1, 0.15) is 24.8 Å². The summed E-state index contributed by atoms with van der Waals surface area (Å²) >= 11 is 0. The summed E-state index contributed by atoms with van der Waals surface area (Å²) in [5.41, 5.74) is 1.13. The fourth-order valence-corrected chi connectivity index (χ4v) is 3.17. The van der Waals surface area contributed by atoms with Crippen LogP contribution < -0.4 is 0 Å². The van der Waals surface area contributed by atoms with Crippen LogP contribution in [-0.2, 0) is 27.0 Å². The fourth-order valence-electron chi connectivity index (χ4n) is 3.17. The summed E-state index contributed by atoms with van der Waals surface area (Å²) in [7, 11) is 3.38. The van der Waals surface area contributed by atoms with Crippen LogP contribution in [-0.4, -0.2) is 62.6 Å². The Labute approximate surface area is 208 Å². The van der Waals surface area contributed by atoms with E-state index in [2.05, 4.69) is 15.0 Å². The number of alkyl halides is 3. The molecule has 2 aromatic heterocycles. The van der Waals surface area contributed by atoms with Gasteiger partial charge in [0.2, 0.25) is 12.2 Å². The number of carbonyl (C=O) groups is 2. The number of allylic oxidation sites excluding steroid dienone is 1. The molecule has 4 aromatic rings. The van der Waals surface area contributed by atoms with Gasteiger partial charge in [0.05, 0.1) is 22.1 Å². The van der Waals surface area contributed by atoms with Gasteiger partial charge in [-0.1, -0.05) is 24.3 Å². The predicted molar refractivity (Wildman–Crippen MR) is 127 cm³/mol. The van der Waals surface area contributed by atoms with E-state index in [1.165, 1.54) is 29.2 Å². The fraction of sp³-hybridized carbons (Fsp3) is 0.208. The quantitative estimate of drug-likeness (QED) is 0.173. The normalized spacial score (nSPS) is 11.8. The van der Waals surface area contributed by atoms with Crippen molar-refractivity contribution in [2.75, 3.05) is 20.7 Å². The number of para-hydroxylation sites is 4. The maximum absolute atomic E-state index is 13.3. The minimum absolute atomic E-state index is 0.0715. The first-order valence-electron chi connectivity index (χ1n) is 10.6. The number of nitrogens with zero attached hydrogens (tertiary/aromatic N) is 5. The third-order valence-corrected chi connectivity index (χ3v) is 4.80. The first-order chi connectivity index (χ1) is 17.5. The van der Waals surface area contributed by atoms with Gasteiger partial charge in [-0.25, -0.2) is 9.97 Å². The van der Waals surface area contributed by atoms with Gasteiger partial charge in [-0.3, -0.25) is 9.59 Å². The van der Waals surface area contributed by atoms with E-state index < -0.39 is 36.9 Å². The number of aliphatic hydroxyl groups is 1. The number of imidazole rings is 2. The predicted octanol–water partition coefficient (Wildman–Crippen LogP) is 3.67. The van der Waals surface area contributed by atoms with Crippen molar-refractivity contribution in [3.8, 4) is 6.07 Å². The van der Waals surface area contributed by atoms with Crippen LogP contribution in [0.25, 0.3) is 27.6 Å². The first-order valence-corrected chi connectivity index (χ1v) is 10.6. The zero-order valence-corrected chi connectivity index (χ0v) is 19.7. The van der Waals surface area contributed by atoms with Crippen LogP contribution in [0.4, 0.5) is 13.2 Å². The van der Waals surface area contributed by atoms with Crippen molar-refractivity contribution in [3.63, 3.8) is 0 Å². The molecule has 2 N–H and O–H groups in total. The Kier molecular flexibility index (Phi) is 8.13. The number of fused-ring (bicyclic) bond motifs is 2. The Morgan fingerprint density at radius 2 is 1.78 bits per heavy atom. The number of hydrogen-bond acceptors (Lipinski definition) is 7. The van der Waals surface area contributed by atoms with Gasteiger partial charge in [-0.2, -0.15) is 18.4 Å². The van der Waals surface area contributed by atoms with E-state index in [0.717, 1.165) is 6.41 Å². The average molecular weight is 514 g/mol. The van der Waals surface area contributed by atoms with E-state index in [1.54, 1.807) is 44.4 Å². The maximum atomic E-state index is 13.3. The zero-order chi connectivity index (χ0) is 27.2. The lowest BCUT2D eigenvalue weighted by atomic mass is 10.2. The lowest BCUT2D eigenvalue weighted by Gasteiger charge is -2.11. The topological polar surface area (TPSA) is 137 Å². The van der Waals surface area contributed by atoms with Crippen LogP contribution >= 0.6 is 0 Å². The highest BCUT2D eigenvalue weighted by atomic mass is 19.4. The van der Waals surface area contributed by atoms with Crippen molar-refractivity contribution < 1.29 is 32.6 Å². The average Bonchev–Trinajstić information content (AvgIpc) is 3.45. The number of aliphatic hydroxyl groups excluding tert-OH is 1. The molecule has 1 amide bonds. The Hall–Kier alpha value is -4.86. The maximum Gasteiger partial charge on any atom is 0.449 e. The summed E-state index contributed by atoms with van der Waals surface area (Å²) in [5.74, 6) is -2.81. The molecule has 37 heavy (non-hydrogen) atoms. The van der Waals surface area contributed by atoms with Gasteiger partial charge in [0.15, 0.2) is 11.6 Å². The van der Waals surface area contributed by atoms with Gasteiger partial charge >= 0.3 is 12.1 Å². The smallest absolute Gasteiger partial charge is 0.449 e. The second-order valence-corrected chi connectivity index (χ2v) is 7.77. The largest absolute Gasteiger partial charge is 0.507 e. The lowest BCUT2D eigenvalue weighted by Crippen LogP contribution is -2.21. The number of H-pyrrole nitrogens is 1. The second kappa shape index (κ2) is 11.3. The molecule has 0 atom stereocenters. The molecule has 0 saturated carbocycles. The number of nitriles is 1. The molecule has 4 rings (SSSR count). The number of rotatable bonds is 6. The number of aromatic nitrogens is 4. The number of aromatic amines is 1. The van der Waals surface area contributed by atoms with Crippen LogP contribution in [0.3, 0.4) is 0 Å². The molecule has 0 unspecified atom stereocenters. The number of amides is 1. The Morgan fingerprint density at radius 3 is 2.38 bits per heavy atom. The van der Waals surface area contributed by atoms with Gasteiger partial charge < -0.3 is 24.3 Å². The molecule has 192 valence electrons. The molecule has 0 aliphatic carbocycles. The zero-order valence-electron chi connectivity index (χ0n) is 19.7. The summed E-state index contributed by atoms with van der Waals surface area (Å²) < 4.78 is 45.7. The first kappa shape index (κ1) is 26.7. The molecule has 2 heterocycles. The highest BCUT2D eigenvalue weighted by molar-refractivity contribution is 5.83. The van der Waals surface area contributed by atoms with Crippen LogP contribution in [0.2, 0.25) is 0 Å². The third kappa shape index (κ3) is 6.43. The van der Waals surface area contributed by atoms with Crippen LogP contribution in [0.15, 0.2) is 54.3 Å². The van der Waals surface area contributed by atoms with Crippen molar-refractivity contribution in [2.24, 2.45) is 0 Å².